The zero-order valence-electron chi connectivity index (χ0n) is 15.5. The molecule has 0 atom stereocenters. The van der Waals surface area contributed by atoms with E-state index in [-0.39, 0.29) is 16.9 Å². The summed E-state index contributed by atoms with van der Waals surface area (Å²) < 4.78 is 6.19. The van der Waals surface area contributed by atoms with Gasteiger partial charge >= 0.3 is 0 Å². The molecular weight excluding hydrogens is 396 g/mol. The van der Waals surface area contributed by atoms with Crippen molar-refractivity contribution >= 4 is 61.5 Å². The lowest BCUT2D eigenvalue weighted by molar-refractivity contribution is -0.114. The molecule has 0 spiro atoms. The van der Waals surface area contributed by atoms with Crippen molar-refractivity contribution in [1.82, 2.24) is 10.3 Å². The summed E-state index contributed by atoms with van der Waals surface area (Å²) in [4.78, 5) is 28.1. The van der Waals surface area contributed by atoms with E-state index < -0.39 is 0 Å². The molecule has 0 aliphatic heterocycles. The van der Waals surface area contributed by atoms with Gasteiger partial charge in [0.25, 0.3) is 5.91 Å². The number of carbonyl (C=O) groups is 2. The van der Waals surface area contributed by atoms with E-state index in [0.717, 1.165) is 15.8 Å². The maximum atomic E-state index is 12.5. The molecule has 0 saturated heterocycles. The summed E-state index contributed by atoms with van der Waals surface area (Å²) in [5, 5.41) is 8.97. The maximum absolute atomic E-state index is 12.5. The molecule has 7 nitrogen and oxygen atoms in total. The number of benzene rings is 2. The Balaban J connectivity index is 1.72. The van der Waals surface area contributed by atoms with Gasteiger partial charge in [0.15, 0.2) is 10.2 Å². The quantitative estimate of drug-likeness (QED) is 0.564. The minimum Gasteiger partial charge on any atom is -0.496 e. The molecular formula is C19H18N4O3S2. The number of fused-ring (bicyclic) bond motifs is 1. The molecule has 0 bridgehead atoms. The summed E-state index contributed by atoms with van der Waals surface area (Å²) in [6.07, 6.45) is 0. The van der Waals surface area contributed by atoms with E-state index >= 15 is 0 Å². The lowest BCUT2D eigenvalue weighted by atomic mass is 10.1. The Labute approximate surface area is 171 Å². The number of ether oxygens (including phenoxy) is 1. The van der Waals surface area contributed by atoms with Crippen LogP contribution >= 0.6 is 23.6 Å². The van der Waals surface area contributed by atoms with Crippen molar-refractivity contribution in [3.05, 3.63) is 47.5 Å². The van der Waals surface area contributed by atoms with E-state index in [2.05, 4.69) is 20.9 Å². The van der Waals surface area contributed by atoms with E-state index in [9.17, 15) is 9.59 Å². The molecule has 0 aliphatic carbocycles. The first-order valence-corrected chi connectivity index (χ1v) is 9.54. The number of methoxy groups -OCH3 is 1. The van der Waals surface area contributed by atoms with Crippen LogP contribution in [0.3, 0.4) is 0 Å². The molecule has 3 aromatic rings. The van der Waals surface area contributed by atoms with Crippen LogP contribution in [0.2, 0.25) is 0 Å². The molecule has 9 heteroatoms. The molecule has 0 aliphatic rings. The Hall–Kier alpha value is -3.04. The van der Waals surface area contributed by atoms with Gasteiger partial charge < -0.3 is 15.4 Å². The molecule has 0 saturated carbocycles. The van der Waals surface area contributed by atoms with Crippen LogP contribution in [0.5, 0.6) is 5.75 Å². The zero-order chi connectivity index (χ0) is 20.3. The van der Waals surface area contributed by atoms with Gasteiger partial charge in [-0.15, -0.1) is 0 Å². The lowest BCUT2D eigenvalue weighted by Crippen LogP contribution is -2.34. The number of carbonyl (C=O) groups excluding carboxylic acids is 2. The first kappa shape index (κ1) is 19.7. The van der Waals surface area contributed by atoms with Gasteiger partial charge in [0.05, 0.1) is 22.9 Å². The fourth-order valence-corrected chi connectivity index (χ4v) is 3.82. The number of rotatable bonds is 4. The first-order valence-electron chi connectivity index (χ1n) is 8.31. The van der Waals surface area contributed by atoms with Crippen LogP contribution in [0.4, 0.5) is 10.8 Å². The van der Waals surface area contributed by atoms with Crippen LogP contribution in [-0.4, -0.2) is 29.0 Å². The van der Waals surface area contributed by atoms with E-state index in [1.807, 2.05) is 25.1 Å². The average molecular weight is 415 g/mol. The highest BCUT2D eigenvalue weighted by Crippen LogP contribution is 2.28. The summed E-state index contributed by atoms with van der Waals surface area (Å²) in [6, 6.07) is 10.7. The number of nitrogens with zero attached hydrogens (tertiary/aromatic N) is 1. The van der Waals surface area contributed by atoms with E-state index in [1.165, 1.54) is 25.4 Å². The fourth-order valence-electron chi connectivity index (χ4n) is 2.66. The van der Waals surface area contributed by atoms with Gasteiger partial charge in [-0.3, -0.25) is 14.9 Å². The topological polar surface area (TPSA) is 92.3 Å². The van der Waals surface area contributed by atoms with Crippen molar-refractivity contribution in [3.8, 4) is 5.75 Å². The minimum atomic E-state index is -0.368. The Morgan fingerprint density at radius 2 is 1.96 bits per heavy atom. The molecule has 0 fully saturated rings. The van der Waals surface area contributed by atoms with Crippen molar-refractivity contribution in [3.63, 3.8) is 0 Å². The Kier molecular flexibility index (Phi) is 5.86. The summed E-state index contributed by atoms with van der Waals surface area (Å²) in [7, 11) is 1.52. The number of hydrogen-bond donors (Lipinski definition) is 3. The first-order chi connectivity index (χ1) is 13.4. The normalized spacial score (nSPS) is 10.4. The van der Waals surface area contributed by atoms with Gasteiger partial charge in [0.1, 0.15) is 5.75 Å². The minimum absolute atomic E-state index is 0.134. The van der Waals surface area contributed by atoms with Crippen molar-refractivity contribution in [2.75, 3.05) is 17.7 Å². The predicted octanol–water partition coefficient (Wildman–Crippen LogP) is 3.70. The van der Waals surface area contributed by atoms with Gasteiger partial charge in [0, 0.05) is 12.6 Å². The van der Waals surface area contributed by atoms with Gasteiger partial charge in [0.2, 0.25) is 5.91 Å². The third-order valence-electron chi connectivity index (χ3n) is 3.82. The Morgan fingerprint density at radius 3 is 2.68 bits per heavy atom. The molecule has 144 valence electrons. The smallest absolute Gasteiger partial charge is 0.261 e. The monoisotopic (exact) mass is 414 g/mol. The number of aromatic nitrogens is 1. The number of hydrogen-bond acceptors (Lipinski definition) is 6. The van der Waals surface area contributed by atoms with Crippen LogP contribution in [-0.2, 0) is 4.79 Å². The van der Waals surface area contributed by atoms with E-state index in [4.69, 9.17) is 17.0 Å². The highest BCUT2D eigenvalue weighted by atomic mass is 32.1. The number of para-hydroxylation sites is 1. The molecule has 3 N–H and O–H groups in total. The molecule has 2 aromatic carbocycles. The van der Waals surface area contributed by atoms with Crippen LogP contribution < -0.4 is 20.7 Å². The van der Waals surface area contributed by atoms with Crippen molar-refractivity contribution in [2.45, 2.75) is 13.8 Å². The van der Waals surface area contributed by atoms with Gasteiger partial charge in [-0.25, -0.2) is 4.98 Å². The molecule has 1 heterocycles. The number of thiazole rings is 1. The highest BCUT2D eigenvalue weighted by Gasteiger charge is 2.16. The number of amides is 2. The number of aryl methyl sites for hydroxylation is 1. The largest absolute Gasteiger partial charge is 0.496 e. The predicted molar refractivity (Wildman–Crippen MR) is 115 cm³/mol. The molecule has 2 amide bonds. The van der Waals surface area contributed by atoms with E-state index in [1.54, 1.807) is 18.2 Å². The number of nitrogens with one attached hydrogen (secondary N) is 3. The van der Waals surface area contributed by atoms with Gasteiger partial charge in [-0.05, 0) is 49.0 Å². The van der Waals surface area contributed by atoms with Gasteiger partial charge in [-0.1, -0.05) is 23.5 Å². The maximum Gasteiger partial charge on any atom is 0.261 e. The highest BCUT2D eigenvalue weighted by molar-refractivity contribution is 7.80. The summed E-state index contributed by atoms with van der Waals surface area (Å²) in [5.74, 6) is -0.00178. The third-order valence-corrected chi connectivity index (χ3v) is 4.95. The van der Waals surface area contributed by atoms with Crippen molar-refractivity contribution in [1.29, 1.82) is 0 Å². The summed E-state index contributed by atoms with van der Waals surface area (Å²) in [6.45, 7) is 3.32. The average Bonchev–Trinajstić information content (AvgIpc) is 3.02. The van der Waals surface area contributed by atoms with Crippen molar-refractivity contribution in [2.24, 2.45) is 0 Å². The lowest BCUT2D eigenvalue weighted by Gasteiger charge is -2.12. The Bertz CT molecular complexity index is 1080. The second-order valence-electron chi connectivity index (χ2n) is 5.95. The third kappa shape index (κ3) is 4.44. The van der Waals surface area contributed by atoms with Crippen LogP contribution in [0, 0.1) is 6.92 Å². The molecule has 0 radical (unpaired) electrons. The number of anilines is 2. The molecule has 28 heavy (non-hydrogen) atoms. The van der Waals surface area contributed by atoms with Gasteiger partial charge in [-0.2, -0.15) is 0 Å². The van der Waals surface area contributed by atoms with Crippen LogP contribution in [0.15, 0.2) is 36.4 Å². The van der Waals surface area contributed by atoms with Crippen molar-refractivity contribution < 1.29 is 14.3 Å². The molecule has 3 rings (SSSR count). The fraction of sp³-hybridized carbons (Fsp3) is 0.158. The van der Waals surface area contributed by atoms with E-state index in [0.29, 0.717) is 22.1 Å². The Morgan fingerprint density at radius 1 is 1.18 bits per heavy atom. The summed E-state index contributed by atoms with van der Waals surface area (Å²) in [5.41, 5.74) is 2.71. The van der Waals surface area contributed by atoms with Crippen LogP contribution in [0.25, 0.3) is 10.2 Å². The molecule has 1 aromatic heterocycles. The molecule has 0 unspecified atom stereocenters. The second kappa shape index (κ2) is 8.32. The number of thiocarbonyl (C=S) groups is 1. The van der Waals surface area contributed by atoms with Crippen LogP contribution in [0.1, 0.15) is 22.8 Å². The zero-order valence-corrected chi connectivity index (χ0v) is 17.1. The summed E-state index contributed by atoms with van der Waals surface area (Å²) >= 11 is 6.60. The SMILES string of the molecule is COc1c(C)cccc1C(=O)NC(=S)Nc1nc2ccc(NC(C)=O)cc2s1. The second-order valence-corrected chi connectivity index (χ2v) is 7.39. The standard InChI is InChI=1S/C19H18N4O3S2/c1-10-5-4-6-13(16(10)26-3)17(25)22-18(27)23-19-21-14-8-7-12(20-11(2)24)9-15(14)28-19/h4-9H,1-3H3,(H,20,24)(H2,21,22,23,25,27).